The van der Waals surface area contributed by atoms with Gasteiger partial charge in [-0.3, -0.25) is 9.59 Å². The van der Waals surface area contributed by atoms with E-state index in [1.807, 2.05) is 11.8 Å². The molecule has 2 atom stereocenters. The standard InChI is InChI=1S/C16H27N3O2/c1-3-13-15(20)17-14(12-4-5-12)16(21)19(13)10-11-6-8-18(2)9-7-11/h11-14H,3-10H2,1-2H3,(H,17,20). The lowest BCUT2D eigenvalue weighted by molar-refractivity contribution is -0.151. The molecule has 0 bridgehead atoms. The van der Waals surface area contributed by atoms with Crippen LogP contribution in [0.15, 0.2) is 0 Å². The first kappa shape index (κ1) is 14.8. The summed E-state index contributed by atoms with van der Waals surface area (Å²) in [7, 11) is 2.15. The van der Waals surface area contributed by atoms with Crippen molar-refractivity contribution < 1.29 is 9.59 Å². The highest BCUT2D eigenvalue weighted by molar-refractivity contribution is 5.97. The number of likely N-dealkylation sites (tertiary alicyclic amines) is 1. The molecule has 5 nitrogen and oxygen atoms in total. The zero-order valence-corrected chi connectivity index (χ0v) is 13.2. The molecule has 3 aliphatic rings. The van der Waals surface area contributed by atoms with Gasteiger partial charge in [-0.1, -0.05) is 6.92 Å². The van der Waals surface area contributed by atoms with Crippen LogP contribution in [-0.2, 0) is 9.59 Å². The average molecular weight is 293 g/mol. The lowest BCUT2D eigenvalue weighted by atomic mass is 9.93. The number of nitrogens with one attached hydrogen (secondary N) is 1. The summed E-state index contributed by atoms with van der Waals surface area (Å²) in [6.45, 7) is 4.96. The van der Waals surface area contributed by atoms with Crippen LogP contribution in [0.1, 0.15) is 39.0 Å². The number of hydrogen-bond donors (Lipinski definition) is 1. The van der Waals surface area contributed by atoms with Crippen LogP contribution in [0.2, 0.25) is 0 Å². The van der Waals surface area contributed by atoms with Crippen molar-refractivity contribution in [3.63, 3.8) is 0 Å². The van der Waals surface area contributed by atoms with Crippen molar-refractivity contribution in [2.45, 2.75) is 51.1 Å². The van der Waals surface area contributed by atoms with Crippen molar-refractivity contribution in [3.8, 4) is 0 Å². The first-order valence-corrected chi connectivity index (χ1v) is 8.39. The molecule has 0 aromatic rings. The predicted molar refractivity (Wildman–Crippen MR) is 80.7 cm³/mol. The Hall–Kier alpha value is -1.10. The van der Waals surface area contributed by atoms with Gasteiger partial charge in [0, 0.05) is 6.54 Å². The van der Waals surface area contributed by atoms with E-state index in [9.17, 15) is 9.59 Å². The molecule has 1 saturated carbocycles. The van der Waals surface area contributed by atoms with Gasteiger partial charge in [-0.2, -0.15) is 0 Å². The number of carbonyl (C=O) groups excluding carboxylic acids is 2. The maximum atomic E-state index is 12.8. The second-order valence-electron chi connectivity index (χ2n) is 6.98. The van der Waals surface area contributed by atoms with Crippen molar-refractivity contribution in [3.05, 3.63) is 0 Å². The summed E-state index contributed by atoms with van der Waals surface area (Å²) < 4.78 is 0. The van der Waals surface area contributed by atoms with Crippen molar-refractivity contribution in [1.29, 1.82) is 0 Å². The minimum Gasteiger partial charge on any atom is -0.342 e. The molecule has 0 spiro atoms. The van der Waals surface area contributed by atoms with Gasteiger partial charge >= 0.3 is 0 Å². The highest BCUT2D eigenvalue weighted by atomic mass is 16.2. The number of rotatable bonds is 4. The normalized spacial score (nSPS) is 32.4. The summed E-state index contributed by atoms with van der Waals surface area (Å²) in [5, 5.41) is 2.96. The smallest absolute Gasteiger partial charge is 0.246 e. The van der Waals surface area contributed by atoms with Gasteiger partial charge in [0.25, 0.3) is 0 Å². The third kappa shape index (κ3) is 3.07. The minimum absolute atomic E-state index is 0.0573. The number of hydrogen-bond acceptors (Lipinski definition) is 3. The van der Waals surface area contributed by atoms with Crippen LogP contribution in [-0.4, -0.2) is 60.4 Å². The second-order valence-corrected chi connectivity index (χ2v) is 6.98. The van der Waals surface area contributed by atoms with E-state index in [2.05, 4.69) is 17.3 Å². The van der Waals surface area contributed by atoms with Crippen molar-refractivity contribution >= 4 is 11.8 Å². The molecule has 2 saturated heterocycles. The Labute approximate surface area is 127 Å². The Bertz CT molecular complexity index is 414. The number of piperidine rings is 1. The van der Waals surface area contributed by atoms with Crippen LogP contribution in [0.5, 0.6) is 0 Å². The lowest BCUT2D eigenvalue weighted by Crippen LogP contribution is -2.64. The fourth-order valence-corrected chi connectivity index (χ4v) is 3.68. The van der Waals surface area contributed by atoms with E-state index in [4.69, 9.17) is 0 Å². The number of nitrogens with zero attached hydrogens (tertiary/aromatic N) is 2. The molecule has 2 heterocycles. The third-order valence-corrected chi connectivity index (χ3v) is 5.30. The van der Waals surface area contributed by atoms with Crippen LogP contribution < -0.4 is 5.32 Å². The van der Waals surface area contributed by atoms with Gasteiger partial charge in [0.1, 0.15) is 12.1 Å². The second kappa shape index (κ2) is 5.95. The summed E-state index contributed by atoms with van der Waals surface area (Å²) in [4.78, 5) is 29.3. The molecule has 2 aliphatic heterocycles. The van der Waals surface area contributed by atoms with E-state index in [1.165, 1.54) is 0 Å². The maximum Gasteiger partial charge on any atom is 0.246 e. The molecule has 3 rings (SSSR count). The molecule has 21 heavy (non-hydrogen) atoms. The summed E-state index contributed by atoms with van der Waals surface area (Å²) in [5.74, 6) is 1.16. The zero-order valence-electron chi connectivity index (χ0n) is 13.2. The summed E-state index contributed by atoms with van der Waals surface area (Å²) in [5.41, 5.74) is 0. The topological polar surface area (TPSA) is 52.7 Å². The molecule has 2 unspecified atom stereocenters. The highest BCUT2D eigenvalue weighted by Crippen LogP contribution is 2.35. The number of piperazine rings is 1. The first-order chi connectivity index (χ1) is 10.1. The predicted octanol–water partition coefficient (Wildman–Crippen LogP) is 0.844. The molecule has 118 valence electrons. The van der Waals surface area contributed by atoms with E-state index < -0.39 is 0 Å². The third-order valence-electron chi connectivity index (χ3n) is 5.30. The molecule has 0 aromatic carbocycles. The quantitative estimate of drug-likeness (QED) is 0.836. The van der Waals surface area contributed by atoms with Gasteiger partial charge < -0.3 is 15.1 Å². The Morgan fingerprint density at radius 1 is 1.14 bits per heavy atom. The number of amides is 2. The summed E-state index contributed by atoms with van der Waals surface area (Å²) in [6, 6.07) is -0.501. The average Bonchev–Trinajstić information content (AvgIpc) is 3.29. The van der Waals surface area contributed by atoms with Gasteiger partial charge in [-0.25, -0.2) is 0 Å². The zero-order chi connectivity index (χ0) is 15.0. The van der Waals surface area contributed by atoms with Crippen LogP contribution in [0.3, 0.4) is 0 Å². The minimum atomic E-state index is -0.257. The van der Waals surface area contributed by atoms with Gasteiger partial charge in [0.2, 0.25) is 11.8 Å². The van der Waals surface area contributed by atoms with Crippen molar-refractivity contribution in [1.82, 2.24) is 15.1 Å². The first-order valence-electron chi connectivity index (χ1n) is 8.39. The molecule has 1 aliphatic carbocycles. The molecule has 1 N–H and O–H groups in total. The summed E-state index contributed by atoms with van der Waals surface area (Å²) >= 11 is 0. The molecule has 2 amide bonds. The van der Waals surface area contributed by atoms with E-state index >= 15 is 0 Å². The summed E-state index contributed by atoms with van der Waals surface area (Å²) in [6.07, 6.45) is 5.13. The van der Waals surface area contributed by atoms with E-state index in [1.54, 1.807) is 0 Å². The van der Waals surface area contributed by atoms with Crippen LogP contribution in [0.4, 0.5) is 0 Å². The Morgan fingerprint density at radius 3 is 2.38 bits per heavy atom. The monoisotopic (exact) mass is 293 g/mol. The molecule has 5 heteroatoms. The van der Waals surface area contributed by atoms with E-state index in [0.717, 1.165) is 45.3 Å². The molecular weight excluding hydrogens is 266 g/mol. The van der Waals surface area contributed by atoms with Gasteiger partial charge in [0.05, 0.1) is 0 Å². The SMILES string of the molecule is CCC1C(=O)NC(C2CC2)C(=O)N1CC1CCN(C)CC1. The molecule has 0 aromatic heterocycles. The van der Waals surface area contributed by atoms with E-state index in [0.29, 0.717) is 18.3 Å². The fourth-order valence-electron chi connectivity index (χ4n) is 3.68. The lowest BCUT2D eigenvalue weighted by Gasteiger charge is -2.41. The van der Waals surface area contributed by atoms with Crippen LogP contribution in [0.25, 0.3) is 0 Å². The van der Waals surface area contributed by atoms with E-state index in [-0.39, 0.29) is 23.9 Å². The Balaban J connectivity index is 1.69. The highest BCUT2D eigenvalue weighted by Gasteiger charge is 2.46. The van der Waals surface area contributed by atoms with Crippen LogP contribution in [0, 0.1) is 11.8 Å². The Kier molecular flexibility index (Phi) is 4.20. The largest absolute Gasteiger partial charge is 0.342 e. The van der Waals surface area contributed by atoms with Crippen molar-refractivity contribution in [2.75, 3.05) is 26.7 Å². The van der Waals surface area contributed by atoms with Crippen molar-refractivity contribution in [2.24, 2.45) is 11.8 Å². The molecular formula is C16H27N3O2. The molecule has 3 fully saturated rings. The van der Waals surface area contributed by atoms with Crippen LogP contribution >= 0.6 is 0 Å². The van der Waals surface area contributed by atoms with Gasteiger partial charge in [-0.05, 0) is 64.1 Å². The maximum absolute atomic E-state index is 12.8. The fraction of sp³-hybridized carbons (Fsp3) is 0.875. The van der Waals surface area contributed by atoms with Gasteiger partial charge in [0.15, 0.2) is 0 Å². The molecule has 0 radical (unpaired) electrons. The number of carbonyl (C=O) groups is 2. The Morgan fingerprint density at radius 2 is 1.81 bits per heavy atom. The van der Waals surface area contributed by atoms with Gasteiger partial charge in [-0.15, -0.1) is 0 Å².